The lowest BCUT2D eigenvalue weighted by atomic mass is 10.2. The fourth-order valence-electron chi connectivity index (χ4n) is 0.107. The second-order valence-electron chi connectivity index (χ2n) is 2.96. The van der Waals surface area contributed by atoms with E-state index in [0.717, 1.165) is 6.29 Å². The number of carbonyl (C=O) groups excluding carboxylic acids is 1. The standard InChI is InChI=1S/C5H10O.C4H8O2.2BH4PS/c1-3-5(2)4-6;1-4(2-5)3-6;2*2-1-3/h3,5-6H,1,4H2,2H3;2,4,6H,3H2,1H3;2*1,3H,2H2/t5-;4-;;/m11../s1/i2*6T;2*1D. The van der Waals surface area contributed by atoms with Gasteiger partial charge < -0.3 is 15.0 Å². The topological polar surface area (TPSA) is 57.5 Å². The van der Waals surface area contributed by atoms with Crippen molar-refractivity contribution in [2.75, 3.05) is 13.2 Å². The van der Waals surface area contributed by atoms with Crippen molar-refractivity contribution in [1.29, 1.82) is 5.53 Å². The highest BCUT2D eigenvalue weighted by molar-refractivity contribution is 8.20. The first-order chi connectivity index (χ1) is 10.1. The van der Waals surface area contributed by atoms with E-state index in [0.29, 0.717) is 12.5 Å². The van der Waals surface area contributed by atoms with Gasteiger partial charge in [-0.3, -0.25) is 0 Å². The minimum Gasteiger partial charge on any atom is -0.396 e. The van der Waals surface area contributed by atoms with E-state index in [-0.39, 0.29) is 25.0 Å². The third-order valence-electron chi connectivity index (χ3n) is 1.16. The van der Waals surface area contributed by atoms with Crippen molar-refractivity contribution in [1.82, 2.24) is 0 Å². The van der Waals surface area contributed by atoms with Crippen LogP contribution in [0.15, 0.2) is 12.7 Å². The summed E-state index contributed by atoms with van der Waals surface area (Å²) in [5, 5.41) is 7.99. The quantitative estimate of drug-likeness (QED) is 0.190. The molecule has 0 heterocycles. The van der Waals surface area contributed by atoms with Crippen LogP contribution in [0, 0.1) is 11.8 Å². The van der Waals surface area contributed by atoms with Crippen molar-refractivity contribution >= 4 is 62.0 Å². The molecular formula is C9H26B2O3P2S2. The molecule has 0 saturated carbocycles. The molecule has 2 N–H and O–H groups in total. The van der Waals surface area contributed by atoms with Gasteiger partial charge in [-0.2, -0.15) is 18.2 Å². The predicted molar refractivity (Wildman–Crippen MR) is 100 cm³/mol. The van der Waals surface area contributed by atoms with Crippen molar-refractivity contribution in [2.24, 2.45) is 11.8 Å². The fourth-order valence-corrected chi connectivity index (χ4v) is 0.107. The lowest BCUT2D eigenvalue weighted by Gasteiger charge is -1.93. The molecule has 4 atom stereocenters. The second kappa shape index (κ2) is 30.8. The maximum atomic E-state index is 9.73. The van der Waals surface area contributed by atoms with Gasteiger partial charge in [0.2, 0.25) is 15.3 Å². The van der Waals surface area contributed by atoms with Gasteiger partial charge in [-0.1, -0.05) is 19.9 Å². The summed E-state index contributed by atoms with van der Waals surface area (Å²) in [6.45, 7) is 7.80. The number of aldehydes is 1. The molecule has 0 fully saturated rings. The van der Waals surface area contributed by atoms with Crippen LogP contribution in [0.25, 0.3) is 0 Å². The molecule has 3 nitrogen and oxygen atoms in total. The van der Waals surface area contributed by atoms with Crippen LogP contribution in [0.2, 0.25) is 0 Å². The number of aliphatic hydroxyl groups is 2. The average Bonchev–Trinajstić information content (AvgIpc) is 2.38. The van der Waals surface area contributed by atoms with Crippen LogP contribution in [-0.2, 0) is 4.79 Å². The zero-order valence-electron chi connectivity index (χ0n) is 14.9. The molecule has 0 radical (unpaired) electrons. The number of carbonyl (C=O) groups is 1. The van der Waals surface area contributed by atoms with E-state index in [4.69, 9.17) is 5.53 Å². The lowest BCUT2D eigenvalue weighted by molar-refractivity contribution is -0.111. The average molecular weight is 336 g/mol. The molecule has 0 aliphatic carbocycles. The van der Waals surface area contributed by atoms with Gasteiger partial charge in [0.1, 0.15) is 6.29 Å². The fraction of sp³-hybridized carbons (Fsp3) is 0.667. The van der Waals surface area contributed by atoms with Gasteiger partial charge in [0, 0.05) is 12.5 Å². The Morgan fingerprint density at radius 3 is 1.83 bits per heavy atom. The Morgan fingerprint density at radius 2 is 1.72 bits per heavy atom. The van der Waals surface area contributed by atoms with Crippen LogP contribution in [0.3, 0.4) is 0 Å². The number of thiol groups is 2. The summed E-state index contributed by atoms with van der Waals surface area (Å²) in [6, 6.07) is 0. The molecule has 0 rings (SSSR count). The smallest absolute Gasteiger partial charge is 0.210 e. The summed E-state index contributed by atoms with van der Waals surface area (Å²) < 4.78 is 25.3. The van der Waals surface area contributed by atoms with E-state index in [1.54, 1.807) is 13.0 Å². The molecule has 0 aromatic heterocycles. The monoisotopic (exact) mass is 336 g/mol. The van der Waals surface area contributed by atoms with Gasteiger partial charge in [0.25, 0.3) is 0 Å². The van der Waals surface area contributed by atoms with E-state index in [1.807, 2.05) is 6.92 Å². The largest absolute Gasteiger partial charge is 0.396 e. The first-order valence-electron chi connectivity index (χ1n) is 7.01. The van der Waals surface area contributed by atoms with Crippen molar-refractivity contribution in [3.05, 3.63) is 12.7 Å². The SMILES string of the molecule is [2H]B(P)S.[2H]B(P)S.[3H]OC[C@H](C)C=C.[3H]OC[C@H](C)C=O. The Kier molecular flexibility index (Phi) is 29.2. The van der Waals surface area contributed by atoms with Crippen molar-refractivity contribution < 1.29 is 15.0 Å². The van der Waals surface area contributed by atoms with E-state index in [1.165, 1.54) is 0 Å². The predicted octanol–water partition coefficient (Wildman–Crippen LogP) is 0.730. The minimum atomic E-state index is -0.306. The first kappa shape index (κ1) is 17.1. The highest BCUT2D eigenvalue weighted by Crippen LogP contribution is 1.89. The molecule has 0 amide bonds. The Morgan fingerprint density at radius 1 is 1.39 bits per heavy atom. The van der Waals surface area contributed by atoms with Crippen LogP contribution >= 0.6 is 43.2 Å². The van der Waals surface area contributed by atoms with Gasteiger partial charge >= 0.3 is 0 Å². The third-order valence-corrected chi connectivity index (χ3v) is 1.16. The summed E-state index contributed by atoms with van der Waals surface area (Å²) >= 11 is 7.19. The maximum absolute atomic E-state index is 9.73. The van der Waals surface area contributed by atoms with Crippen LogP contribution in [0.4, 0.5) is 0 Å². The highest BCUT2D eigenvalue weighted by atomic mass is 32.1. The summed E-state index contributed by atoms with van der Waals surface area (Å²) in [4.78, 5) is 9.73. The van der Waals surface area contributed by atoms with Gasteiger partial charge in [-0.15, -0.1) is 6.58 Å². The molecule has 108 valence electrons. The molecular weight excluding hydrogens is 304 g/mol. The Balaban J connectivity index is -0.000000102. The molecule has 0 aromatic carbocycles. The second-order valence-corrected chi connectivity index (χ2v) is 5.34. The van der Waals surface area contributed by atoms with Gasteiger partial charge in [0.15, 0.2) is 0 Å². The molecule has 18 heavy (non-hydrogen) atoms. The zero-order chi connectivity index (χ0) is 18.6. The summed E-state index contributed by atoms with van der Waals surface area (Å²) in [6.07, 6.45) is 1.91. The van der Waals surface area contributed by atoms with E-state index >= 15 is 0 Å². The highest BCUT2D eigenvalue weighted by Gasteiger charge is 1.90. The molecule has 0 bridgehead atoms. The molecule has 0 saturated heterocycles. The van der Waals surface area contributed by atoms with Gasteiger partial charge in [-0.05, 0) is 8.59 Å². The third kappa shape index (κ3) is 53.7. The number of hydrogen-bond acceptors (Lipinski definition) is 5. The normalized spacial score (nSPS) is 13.7. The Labute approximate surface area is 134 Å². The Bertz CT molecular complexity index is 212. The molecule has 0 aliphatic heterocycles. The maximum Gasteiger partial charge on any atom is 0.210 e. The molecule has 9 heteroatoms. The summed E-state index contributed by atoms with van der Waals surface area (Å²) in [5.41, 5.74) is 0. The van der Waals surface area contributed by atoms with Crippen molar-refractivity contribution in [2.45, 2.75) is 13.8 Å². The van der Waals surface area contributed by atoms with E-state index < -0.39 is 0 Å². The Hall–Kier alpha value is 1.02. The van der Waals surface area contributed by atoms with Crippen molar-refractivity contribution in [3.8, 4) is 0 Å². The molecule has 2 unspecified atom stereocenters. The molecule has 0 aromatic rings. The number of aliphatic hydroxyl groups excluding tert-OH is 2. The number of rotatable bonds is 6. The van der Waals surface area contributed by atoms with Gasteiger partial charge in [-0.25, -0.2) is 25.0 Å². The first-order valence-corrected chi connectivity index (χ1v) is 7.41. The van der Waals surface area contributed by atoms with Crippen LogP contribution in [0.5, 0.6) is 0 Å². The van der Waals surface area contributed by atoms with Crippen molar-refractivity contribution in [3.63, 3.8) is 0 Å². The van der Waals surface area contributed by atoms with E-state index in [9.17, 15) is 4.79 Å². The van der Waals surface area contributed by atoms with Crippen LogP contribution < -0.4 is 0 Å². The minimum absolute atomic E-state index is 0.141. The zero-order valence-corrected chi connectivity index (χ0v) is 15.0. The van der Waals surface area contributed by atoms with E-state index in [2.05, 4.69) is 60.0 Å². The molecule has 0 spiro atoms. The number of hydrogen-bond donors (Lipinski definition) is 4. The summed E-state index contributed by atoms with van der Waals surface area (Å²) in [7, 11) is 4.38. The molecule has 0 aliphatic rings. The lowest BCUT2D eigenvalue weighted by Crippen LogP contribution is -1.99. The van der Waals surface area contributed by atoms with Crippen LogP contribution in [0.1, 0.15) is 13.8 Å². The van der Waals surface area contributed by atoms with Gasteiger partial charge in [0.05, 0.1) is 6.61 Å². The summed E-state index contributed by atoms with van der Waals surface area (Å²) in [5.74, 6) is 0.162. The van der Waals surface area contributed by atoms with Crippen LogP contribution in [-0.4, -0.2) is 47.7 Å².